The van der Waals surface area contributed by atoms with Crippen LogP contribution >= 0.6 is 0 Å². The second kappa shape index (κ2) is 5.83. The molecule has 4 heteroatoms. The predicted molar refractivity (Wildman–Crippen MR) is 68.9 cm³/mol. The van der Waals surface area contributed by atoms with Gasteiger partial charge in [0.2, 0.25) is 5.91 Å². The molecule has 0 spiro atoms. The molecular formula is C13H25N3O. The summed E-state index contributed by atoms with van der Waals surface area (Å²) in [6.07, 6.45) is 3.09. The maximum atomic E-state index is 12.2. The van der Waals surface area contributed by atoms with Crippen LogP contribution in [-0.4, -0.2) is 61.5 Å². The van der Waals surface area contributed by atoms with E-state index in [1.54, 1.807) is 0 Å². The van der Waals surface area contributed by atoms with Crippen molar-refractivity contribution in [2.75, 3.05) is 39.8 Å². The summed E-state index contributed by atoms with van der Waals surface area (Å²) in [4.78, 5) is 16.6. The molecule has 0 aromatic heterocycles. The average Bonchev–Trinajstić information content (AvgIpc) is 2.34. The number of piperazine rings is 1. The number of nitrogens with zero attached hydrogens (tertiary/aromatic N) is 2. The fourth-order valence-electron chi connectivity index (χ4n) is 2.74. The van der Waals surface area contributed by atoms with Crippen LogP contribution in [0.25, 0.3) is 0 Å². The van der Waals surface area contributed by atoms with E-state index in [1.807, 2.05) is 0 Å². The Hall–Kier alpha value is -0.610. The molecule has 2 fully saturated rings. The van der Waals surface area contributed by atoms with Crippen molar-refractivity contribution < 1.29 is 4.79 Å². The van der Waals surface area contributed by atoms with E-state index >= 15 is 0 Å². The highest BCUT2D eigenvalue weighted by Gasteiger charge is 2.26. The number of hydrogen-bond acceptors (Lipinski definition) is 3. The second-order valence-corrected chi connectivity index (χ2v) is 5.57. The highest BCUT2D eigenvalue weighted by atomic mass is 16.2. The van der Waals surface area contributed by atoms with E-state index in [1.165, 1.54) is 0 Å². The summed E-state index contributed by atoms with van der Waals surface area (Å²) in [5.74, 6) is 0.982. The molecule has 2 saturated heterocycles. The third-order valence-electron chi connectivity index (χ3n) is 4.23. The van der Waals surface area contributed by atoms with Gasteiger partial charge in [-0.2, -0.15) is 0 Å². The molecule has 1 unspecified atom stereocenters. The van der Waals surface area contributed by atoms with E-state index in [9.17, 15) is 4.79 Å². The molecule has 0 bridgehead atoms. The van der Waals surface area contributed by atoms with Crippen molar-refractivity contribution in [3.05, 3.63) is 0 Å². The summed E-state index contributed by atoms with van der Waals surface area (Å²) in [7, 11) is 2.14. The van der Waals surface area contributed by atoms with Crippen LogP contribution in [-0.2, 0) is 4.79 Å². The fourth-order valence-corrected chi connectivity index (χ4v) is 2.74. The van der Waals surface area contributed by atoms with Gasteiger partial charge in [-0.05, 0) is 45.8 Å². The highest BCUT2D eigenvalue weighted by Crippen LogP contribution is 2.18. The van der Waals surface area contributed by atoms with Crippen molar-refractivity contribution in [2.24, 2.45) is 5.92 Å². The van der Waals surface area contributed by atoms with Gasteiger partial charge in [-0.15, -0.1) is 0 Å². The van der Waals surface area contributed by atoms with Gasteiger partial charge < -0.3 is 15.1 Å². The zero-order valence-electron chi connectivity index (χ0n) is 11.1. The first-order valence-electron chi connectivity index (χ1n) is 6.85. The Labute approximate surface area is 104 Å². The van der Waals surface area contributed by atoms with Gasteiger partial charge in [0, 0.05) is 32.1 Å². The van der Waals surface area contributed by atoms with Gasteiger partial charge in [-0.1, -0.05) is 0 Å². The number of likely N-dealkylation sites (N-methyl/N-ethyl adjacent to an activating group) is 1. The molecule has 17 heavy (non-hydrogen) atoms. The van der Waals surface area contributed by atoms with E-state index in [4.69, 9.17) is 0 Å². The second-order valence-electron chi connectivity index (χ2n) is 5.57. The third-order valence-corrected chi connectivity index (χ3v) is 4.23. The van der Waals surface area contributed by atoms with Gasteiger partial charge in [0.15, 0.2) is 0 Å². The van der Waals surface area contributed by atoms with E-state index in [0.29, 0.717) is 17.9 Å². The molecule has 2 aliphatic rings. The Bertz CT molecular complexity index is 263. The van der Waals surface area contributed by atoms with E-state index in [-0.39, 0.29) is 0 Å². The lowest BCUT2D eigenvalue weighted by Crippen LogP contribution is -2.52. The minimum atomic E-state index is 0.372. The first-order chi connectivity index (χ1) is 8.16. The number of piperidine rings is 1. The number of carbonyl (C=O) groups excluding carboxylic acids is 1. The van der Waals surface area contributed by atoms with Crippen molar-refractivity contribution in [1.29, 1.82) is 0 Å². The first-order valence-corrected chi connectivity index (χ1v) is 6.85. The molecule has 0 aromatic carbocycles. The molecule has 2 rings (SSSR count). The molecule has 0 radical (unpaired) electrons. The molecule has 1 atom stereocenters. The summed E-state index contributed by atoms with van der Waals surface area (Å²) in [5.41, 5.74) is 0. The first kappa shape index (κ1) is 12.8. The molecule has 0 aromatic rings. The molecule has 1 amide bonds. The monoisotopic (exact) mass is 239 g/mol. The van der Waals surface area contributed by atoms with E-state index in [0.717, 1.165) is 52.0 Å². The van der Waals surface area contributed by atoms with Crippen LogP contribution in [0.4, 0.5) is 0 Å². The molecule has 2 heterocycles. The molecular weight excluding hydrogens is 214 g/mol. The van der Waals surface area contributed by atoms with Gasteiger partial charge in [0.05, 0.1) is 0 Å². The number of hydrogen-bond donors (Lipinski definition) is 1. The van der Waals surface area contributed by atoms with Crippen LogP contribution in [0.2, 0.25) is 0 Å². The standard InChI is InChI=1S/C13H25N3O/c1-11-10-16(8-7-15(11)2)13(17)9-12-3-5-14-6-4-12/h11-12,14H,3-10H2,1-2H3. The summed E-state index contributed by atoms with van der Waals surface area (Å²) in [6, 6.07) is 0.501. The summed E-state index contributed by atoms with van der Waals surface area (Å²) in [5, 5.41) is 3.35. The van der Waals surface area contributed by atoms with E-state index < -0.39 is 0 Å². The number of amides is 1. The lowest BCUT2D eigenvalue weighted by Gasteiger charge is -2.38. The zero-order valence-corrected chi connectivity index (χ0v) is 11.1. The maximum absolute atomic E-state index is 12.2. The lowest BCUT2D eigenvalue weighted by molar-refractivity contribution is -0.135. The minimum Gasteiger partial charge on any atom is -0.340 e. The quantitative estimate of drug-likeness (QED) is 0.764. The highest BCUT2D eigenvalue weighted by molar-refractivity contribution is 5.76. The van der Waals surface area contributed by atoms with Crippen molar-refractivity contribution in [3.8, 4) is 0 Å². The number of carbonyl (C=O) groups is 1. The Kier molecular flexibility index (Phi) is 4.40. The van der Waals surface area contributed by atoms with Crippen molar-refractivity contribution in [1.82, 2.24) is 15.1 Å². The Balaban J connectivity index is 1.79. The average molecular weight is 239 g/mol. The van der Waals surface area contributed by atoms with Crippen molar-refractivity contribution >= 4 is 5.91 Å². The number of rotatable bonds is 2. The van der Waals surface area contributed by atoms with E-state index in [2.05, 4.69) is 29.1 Å². The molecule has 0 saturated carbocycles. The summed E-state index contributed by atoms with van der Waals surface area (Å²) in [6.45, 7) is 7.18. The zero-order chi connectivity index (χ0) is 12.3. The van der Waals surface area contributed by atoms with Crippen LogP contribution in [0.15, 0.2) is 0 Å². The van der Waals surface area contributed by atoms with Gasteiger partial charge in [-0.3, -0.25) is 4.79 Å². The predicted octanol–water partition coefficient (Wildman–Crippen LogP) is 0.539. The van der Waals surface area contributed by atoms with Gasteiger partial charge in [0.25, 0.3) is 0 Å². The lowest BCUT2D eigenvalue weighted by atomic mass is 9.94. The van der Waals surface area contributed by atoms with Crippen LogP contribution in [0, 0.1) is 5.92 Å². The third kappa shape index (κ3) is 3.42. The number of nitrogens with one attached hydrogen (secondary N) is 1. The van der Waals surface area contributed by atoms with Crippen molar-refractivity contribution in [2.45, 2.75) is 32.2 Å². The van der Waals surface area contributed by atoms with Crippen LogP contribution in [0.5, 0.6) is 0 Å². The van der Waals surface area contributed by atoms with Crippen LogP contribution < -0.4 is 5.32 Å². The Morgan fingerprint density at radius 2 is 2.00 bits per heavy atom. The fraction of sp³-hybridized carbons (Fsp3) is 0.923. The Morgan fingerprint density at radius 1 is 1.29 bits per heavy atom. The van der Waals surface area contributed by atoms with Gasteiger partial charge in [-0.25, -0.2) is 0 Å². The summed E-state index contributed by atoms with van der Waals surface area (Å²) >= 11 is 0. The van der Waals surface area contributed by atoms with Crippen molar-refractivity contribution in [3.63, 3.8) is 0 Å². The molecule has 98 valence electrons. The molecule has 1 N–H and O–H groups in total. The topological polar surface area (TPSA) is 35.6 Å². The van der Waals surface area contributed by atoms with Crippen LogP contribution in [0.3, 0.4) is 0 Å². The molecule has 0 aliphatic carbocycles. The maximum Gasteiger partial charge on any atom is 0.222 e. The summed E-state index contributed by atoms with van der Waals surface area (Å²) < 4.78 is 0. The smallest absolute Gasteiger partial charge is 0.222 e. The van der Waals surface area contributed by atoms with Gasteiger partial charge >= 0.3 is 0 Å². The largest absolute Gasteiger partial charge is 0.340 e. The SMILES string of the molecule is CC1CN(C(=O)CC2CCNCC2)CCN1C. The normalized spacial score (nSPS) is 28.4. The molecule has 4 nitrogen and oxygen atoms in total. The minimum absolute atomic E-state index is 0.372. The van der Waals surface area contributed by atoms with Gasteiger partial charge in [0.1, 0.15) is 0 Å². The van der Waals surface area contributed by atoms with Crippen LogP contribution in [0.1, 0.15) is 26.2 Å². The Morgan fingerprint density at radius 3 is 2.65 bits per heavy atom. The molecule has 2 aliphatic heterocycles.